The molecule has 13 heteroatoms. The number of amides is 1. The van der Waals surface area contributed by atoms with Crippen LogP contribution in [0.15, 0.2) is 60.7 Å². The molecule has 3 aromatic rings. The van der Waals surface area contributed by atoms with Gasteiger partial charge in [-0.05, 0) is 58.7 Å². The quantitative estimate of drug-likeness (QED) is 0.330. The van der Waals surface area contributed by atoms with Crippen molar-refractivity contribution in [1.82, 2.24) is 4.90 Å². The lowest BCUT2D eigenvalue weighted by Crippen LogP contribution is -2.29. The molecule has 0 saturated heterocycles. The van der Waals surface area contributed by atoms with E-state index >= 15 is 0 Å². The first-order chi connectivity index (χ1) is 17.5. The van der Waals surface area contributed by atoms with Crippen molar-refractivity contribution in [3.63, 3.8) is 0 Å². The third-order valence-corrected chi connectivity index (χ3v) is 5.42. The molecule has 0 fully saturated rings. The Morgan fingerprint density at radius 2 is 1.29 bits per heavy atom. The van der Waals surface area contributed by atoms with Gasteiger partial charge in [0.1, 0.15) is 0 Å². The molecule has 3 rings (SSSR count). The van der Waals surface area contributed by atoms with Crippen LogP contribution < -0.4 is 0 Å². The number of carboxylic acid groups (broad SMARTS) is 1. The molecule has 0 unspecified atom stereocenters. The molecule has 3 aromatic carbocycles. The van der Waals surface area contributed by atoms with Gasteiger partial charge in [0, 0.05) is 13.1 Å². The number of halogens is 9. The second-order valence-electron chi connectivity index (χ2n) is 8.08. The number of nitrogens with zero attached hydrogens (tertiary/aromatic N) is 2. The molecule has 0 aliphatic rings. The van der Waals surface area contributed by atoms with Crippen molar-refractivity contribution >= 4 is 6.09 Å². The standard InChI is InChI=1S/C25H15F9N2O2/c26-23(27,28)17-5-6-21(20-4-2-1-3-15(20)11-35)16(9-17)13-36(22(37)38)12-14-7-18(24(29,30)31)10-19(8-14)25(32,33)34/h1-10H,12-13H2,(H,37,38). The Morgan fingerprint density at radius 3 is 1.79 bits per heavy atom. The summed E-state index contributed by atoms with van der Waals surface area (Å²) in [6.07, 6.45) is -17.0. The molecular weight excluding hydrogens is 531 g/mol. The van der Waals surface area contributed by atoms with Crippen LogP contribution in [0.5, 0.6) is 0 Å². The zero-order valence-corrected chi connectivity index (χ0v) is 18.8. The van der Waals surface area contributed by atoms with Gasteiger partial charge in [-0.1, -0.05) is 24.3 Å². The third kappa shape index (κ3) is 6.56. The number of alkyl halides is 9. The van der Waals surface area contributed by atoms with Gasteiger partial charge in [-0.25, -0.2) is 4.79 Å². The monoisotopic (exact) mass is 546 g/mol. The molecule has 4 nitrogen and oxygen atoms in total. The fourth-order valence-corrected chi connectivity index (χ4v) is 3.71. The van der Waals surface area contributed by atoms with Crippen LogP contribution in [-0.2, 0) is 31.6 Å². The Kier molecular flexibility index (Phi) is 7.67. The van der Waals surface area contributed by atoms with Crippen LogP contribution in [0.3, 0.4) is 0 Å². The summed E-state index contributed by atoms with van der Waals surface area (Å²) >= 11 is 0. The highest BCUT2D eigenvalue weighted by molar-refractivity contribution is 5.74. The highest BCUT2D eigenvalue weighted by Crippen LogP contribution is 2.38. The molecule has 0 aliphatic carbocycles. The molecular formula is C25H15F9N2O2. The van der Waals surface area contributed by atoms with Crippen molar-refractivity contribution < 1.29 is 49.4 Å². The van der Waals surface area contributed by atoms with Crippen LogP contribution in [-0.4, -0.2) is 16.1 Å². The average Bonchev–Trinajstić information content (AvgIpc) is 2.81. The van der Waals surface area contributed by atoms with Gasteiger partial charge in [0.15, 0.2) is 0 Å². The molecule has 0 atom stereocenters. The number of rotatable bonds is 5. The van der Waals surface area contributed by atoms with E-state index in [2.05, 4.69) is 0 Å². The Morgan fingerprint density at radius 1 is 0.737 bits per heavy atom. The minimum Gasteiger partial charge on any atom is -0.465 e. The van der Waals surface area contributed by atoms with E-state index in [9.17, 15) is 54.7 Å². The number of benzene rings is 3. The third-order valence-electron chi connectivity index (χ3n) is 5.42. The molecule has 0 radical (unpaired) electrons. The Balaban J connectivity index is 2.12. The largest absolute Gasteiger partial charge is 0.465 e. The number of hydrogen-bond donors (Lipinski definition) is 1. The lowest BCUT2D eigenvalue weighted by Gasteiger charge is -2.23. The zero-order chi connectivity index (χ0) is 28.5. The number of carbonyl (C=O) groups is 1. The summed E-state index contributed by atoms with van der Waals surface area (Å²) < 4.78 is 120. The highest BCUT2D eigenvalue weighted by Gasteiger charge is 2.37. The fraction of sp³-hybridized carbons (Fsp3) is 0.200. The Hall–Kier alpha value is -4.21. The minimum absolute atomic E-state index is 0.0291. The first-order valence-corrected chi connectivity index (χ1v) is 10.5. The number of hydrogen-bond acceptors (Lipinski definition) is 2. The molecule has 0 spiro atoms. The lowest BCUT2D eigenvalue weighted by atomic mass is 9.93. The maximum absolute atomic E-state index is 13.4. The highest BCUT2D eigenvalue weighted by atomic mass is 19.4. The normalized spacial score (nSPS) is 12.2. The van der Waals surface area contributed by atoms with Crippen molar-refractivity contribution in [2.24, 2.45) is 0 Å². The van der Waals surface area contributed by atoms with Crippen molar-refractivity contribution in [2.75, 3.05) is 0 Å². The van der Waals surface area contributed by atoms with Gasteiger partial charge in [-0.3, -0.25) is 4.90 Å². The summed E-state index contributed by atoms with van der Waals surface area (Å²) in [4.78, 5) is 12.3. The maximum Gasteiger partial charge on any atom is 0.416 e. The fourth-order valence-electron chi connectivity index (χ4n) is 3.71. The van der Waals surface area contributed by atoms with Gasteiger partial charge in [0.2, 0.25) is 0 Å². The molecule has 0 heterocycles. The second kappa shape index (κ2) is 10.3. The van der Waals surface area contributed by atoms with Crippen molar-refractivity contribution in [3.8, 4) is 17.2 Å². The van der Waals surface area contributed by atoms with Gasteiger partial charge in [0.05, 0.1) is 28.3 Å². The van der Waals surface area contributed by atoms with Crippen LogP contribution in [0, 0.1) is 11.3 Å². The van der Waals surface area contributed by atoms with Gasteiger partial charge in [0.25, 0.3) is 0 Å². The molecule has 38 heavy (non-hydrogen) atoms. The van der Waals surface area contributed by atoms with Gasteiger partial charge in [-0.15, -0.1) is 0 Å². The summed E-state index contributed by atoms with van der Waals surface area (Å²) in [6.45, 7) is -1.84. The molecule has 0 aliphatic heterocycles. The van der Waals surface area contributed by atoms with Crippen molar-refractivity contribution in [1.29, 1.82) is 5.26 Å². The SMILES string of the molecule is N#Cc1ccccc1-c1ccc(C(F)(F)F)cc1CN(Cc1cc(C(F)(F)F)cc(C(F)(F)F)c1)C(=O)O. The number of nitriles is 1. The van der Waals surface area contributed by atoms with Crippen LogP contribution in [0.4, 0.5) is 44.3 Å². The topological polar surface area (TPSA) is 64.3 Å². The molecule has 200 valence electrons. The maximum atomic E-state index is 13.4. The molecule has 0 bridgehead atoms. The van der Waals surface area contributed by atoms with E-state index in [4.69, 9.17) is 0 Å². The van der Waals surface area contributed by atoms with E-state index in [0.29, 0.717) is 29.2 Å². The molecule has 1 N–H and O–H groups in total. The van der Waals surface area contributed by atoms with Gasteiger partial charge in [-0.2, -0.15) is 44.8 Å². The van der Waals surface area contributed by atoms with E-state index in [1.165, 1.54) is 24.3 Å². The predicted molar refractivity (Wildman–Crippen MR) is 115 cm³/mol. The summed E-state index contributed by atoms with van der Waals surface area (Å²) in [5.74, 6) is 0. The minimum atomic E-state index is -5.18. The van der Waals surface area contributed by atoms with Crippen molar-refractivity contribution in [3.05, 3.63) is 94.0 Å². The van der Waals surface area contributed by atoms with Gasteiger partial charge >= 0.3 is 24.6 Å². The summed E-state index contributed by atoms with van der Waals surface area (Å²) in [5, 5.41) is 19.0. The Bertz CT molecular complexity index is 1360. The van der Waals surface area contributed by atoms with Crippen LogP contribution in [0.1, 0.15) is 33.4 Å². The summed E-state index contributed by atoms with van der Waals surface area (Å²) in [5.41, 5.74) is -5.24. The van der Waals surface area contributed by atoms with E-state index < -0.39 is 60.0 Å². The van der Waals surface area contributed by atoms with Crippen LogP contribution >= 0.6 is 0 Å². The molecule has 0 aromatic heterocycles. The van der Waals surface area contributed by atoms with Gasteiger partial charge < -0.3 is 5.11 Å². The average molecular weight is 546 g/mol. The summed E-state index contributed by atoms with van der Waals surface area (Å²) in [7, 11) is 0. The van der Waals surface area contributed by atoms with E-state index in [1.54, 1.807) is 0 Å². The zero-order valence-electron chi connectivity index (χ0n) is 18.8. The van der Waals surface area contributed by atoms with E-state index in [0.717, 1.165) is 6.07 Å². The molecule has 0 saturated carbocycles. The second-order valence-corrected chi connectivity index (χ2v) is 8.08. The first-order valence-electron chi connectivity index (χ1n) is 10.5. The Labute approximate surface area is 209 Å². The van der Waals surface area contributed by atoms with Crippen molar-refractivity contribution in [2.45, 2.75) is 31.6 Å². The van der Waals surface area contributed by atoms with Crippen LogP contribution in [0.25, 0.3) is 11.1 Å². The van der Waals surface area contributed by atoms with E-state index in [1.807, 2.05) is 6.07 Å². The summed E-state index contributed by atoms with van der Waals surface area (Å²) in [6, 6.07) is 10.5. The smallest absolute Gasteiger partial charge is 0.416 e. The predicted octanol–water partition coefficient (Wildman–Crippen LogP) is 7.96. The van der Waals surface area contributed by atoms with Crippen LogP contribution in [0.2, 0.25) is 0 Å². The lowest BCUT2D eigenvalue weighted by molar-refractivity contribution is -0.143. The molecule has 1 amide bonds. The van der Waals surface area contributed by atoms with E-state index in [-0.39, 0.29) is 28.3 Å². The first kappa shape index (κ1) is 28.4.